The third-order valence-corrected chi connectivity index (χ3v) is 11.3. The van der Waals surface area contributed by atoms with Gasteiger partial charge in [-0.05, 0) is 169 Å². The van der Waals surface area contributed by atoms with Gasteiger partial charge >= 0.3 is 0 Å². The Kier molecular flexibility index (Phi) is 11.8. The molecule has 0 saturated heterocycles. The first kappa shape index (κ1) is 34.4. The number of benzene rings is 4. The lowest BCUT2D eigenvalue weighted by Crippen LogP contribution is -1.98. The third kappa shape index (κ3) is 7.97. The van der Waals surface area contributed by atoms with Gasteiger partial charge < -0.3 is 0 Å². The molecule has 0 spiro atoms. The van der Waals surface area contributed by atoms with Gasteiger partial charge in [0.15, 0.2) is 0 Å². The maximum absolute atomic E-state index is 4.59. The summed E-state index contributed by atoms with van der Waals surface area (Å²) in [5.41, 5.74) is 16.1. The van der Waals surface area contributed by atoms with Crippen LogP contribution in [0.15, 0.2) is 117 Å². The van der Waals surface area contributed by atoms with Gasteiger partial charge in [-0.1, -0.05) is 60.7 Å². The van der Waals surface area contributed by atoms with Crippen LogP contribution in [0.4, 0.5) is 0 Å². The van der Waals surface area contributed by atoms with E-state index in [1.165, 1.54) is 76.6 Å². The van der Waals surface area contributed by atoms with Crippen LogP contribution in [-0.2, 0) is 12.8 Å². The topological polar surface area (TPSA) is 0 Å². The van der Waals surface area contributed by atoms with Crippen LogP contribution in [0.25, 0.3) is 32.7 Å². The summed E-state index contributed by atoms with van der Waals surface area (Å²) in [5, 5.41) is 2.32. The van der Waals surface area contributed by atoms with Crippen molar-refractivity contribution in [2.45, 2.75) is 75.0 Å². The number of hydrogen-bond donors (Lipinski definition) is 2. The highest BCUT2D eigenvalue weighted by atomic mass is 32.2. The molecule has 0 bridgehead atoms. The van der Waals surface area contributed by atoms with Gasteiger partial charge in [-0.3, -0.25) is 0 Å². The molecule has 0 amide bonds. The van der Waals surface area contributed by atoms with E-state index in [1.807, 2.05) is 29.2 Å². The van der Waals surface area contributed by atoms with E-state index in [2.05, 4.69) is 156 Å². The largest absolute Gasteiger partial charge is 0.143 e. The summed E-state index contributed by atoms with van der Waals surface area (Å²) in [7, 11) is 0. The number of unbranched alkanes of at least 4 members (excludes halogenated alkanes) is 1. The molecule has 0 fully saturated rings. The molecule has 0 N–H and O–H groups in total. The average molecular weight is 677 g/mol. The van der Waals surface area contributed by atoms with Gasteiger partial charge in [0.2, 0.25) is 0 Å². The van der Waals surface area contributed by atoms with E-state index in [0.29, 0.717) is 0 Å². The molecule has 4 heteroatoms. The van der Waals surface area contributed by atoms with Crippen molar-refractivity contribution in [2.75, 3.05) is 6.26 Å². The van der Waals surface area contributed by atoms with E-state index in [1.54, 1.807) is 0 Å². The first-order valence-electron chi connectivity index (χ1n) is 16.0. The maximum atomic E-state index is 4.59. The van der Waals surface area contributed by atoms with Gasteiger partial charge in [-0.25, -0.2) is 0 Å². The summed E-state index contributed by atoms with van der Waals surface area (Å²) in [4.78, 5) is 4.49. The highest BCUT2D eigenvalue weighted by Crippen LogP contribution is 2.40. The molecule has 0 aliphatic rings. The van der Waals surface area contributed by atoms with Gasteiger partial charge in [0.25, 0.3) is 0 Å². The third-order valence-electron chi connectivity index (χ3n) is 8.94. The highest BCUT2D eigenvalue weighted by Gasteiger charge is 2.16. The Bertz CT molecular complexity index is 1880. The van der Waals surface area contributed by atoms with E-state index in [4.69, 9.17) is 0 Å². The summed E-state index contributed by atoms with van der Waals surface area (Å²) in [6.45, 7) is 11.2. The molecule has 1 heterocycles. The second kappa shape index (κ2) is 15.8. The fourth-order valence-electron chi connectivity index (χ4n) is 6.40. The van der Waals surface area contributed by atoms with E-state index < -0.39 is 0 Å². The van der Waals surface area contributed by atoms with E-state index >= 15 is 0 Å². The second-order valence-corrected chi connectivity index (χ2v) is 14.8. The number of hydrogen-bond acceptors (Lipinski definition) is 4. The predicted octanol–water partition coefficient (Wildman–Crippen LogP) is 13.5. The smallest absolute Gasteiger partial charge is 0.0379 e. The van der Waals surface area contributed by atoms with Crippen LogP contribution >= 0.6 is 48.4 Å². The number of rotatable bonds is 11. The lowest BCUT2D eigenvalue weighted by molar-refractivity contribution is 0.734. The molecule has 0 saturated carbocycles. The van der Waals surface area contributed by atoms with Crippen molar-refractivity contribution in [1.82, 2.24) is 0 Å². The molecule has 46 heavy (non-hydrogen) atoms. The molecule has 0 aliphatic carbocycles. The van der Waals surface area contributed by atoms with Gasteiger partial charge in [0.05, 0.1) is 0 Å². The molecule has 0 radical (unpaired) electrons. The highest BCUT2D eigenvalue weighted by molar-refractivity contribution is 7.98. The quantitative estimate of drug-likeness (QED) is 0.0608. The van der Waals surface area contributed by atoms with E-state index in [-0.39, 0.29) is 0 Å². The van der Waals surface area contributed by atoms with Crippen LogP contribution < -0.4 is 0 Å². The molecule has 5 rings (SSSR count). The summed E-state index contributed by atoms with van der Waals surface area (Å²) >= 11 is 12.8. The monoisotopic (exact) mass is 676 g/mol. The van der Waals surface area contributed by atoms with Crippen molar-refractivity contribution in [3.63, 3.8) is 0 Å². The zero-order chi connectivity index (χ0) is 32.8. The number of allylic oxidation sites excluding steroid dienone is 4. The number of thiol groups is 2. The molecule has 1 aromatic heterocycles. The first-order valence-corrected chi connectivity index (χ1v) is 19.0. The van der Waals surface area contributed by atoms with Crippen molar-refractivity contribution in [2.24, 2.45) is 0 Å². The average Bonchev–Trinajstić information content (AvgIpc) is 3.43. The molecule has 0 atom stereocenters. The number of thioether (sulfide) groups is 1. The predicted molar refractivity (Wildman–Crippen MR) is 212 cm³/mol. The van der Waals surface area contributed by atoms with Crippen LogP contribution in [-0.4, -0.2) is 6.26 Å². The van der Waals surface area contributed by atoms with Crippen molar-refractivity contribution in [3.8, 4) is 21.6 Å². The van der Waals surface area contributed by atoms with Crippen molar-refractivity contribution in [1.29, 1.82) is 0 Å². The number of aryl methyl sites for hydroxylation is 3. The molecule has 236 valence electrons. The molecule has 4 aromatic carbocycles. The van der Waals surface area contributed by atoms with Crippen molar-refractivity contribution in [3.05, 3.63) is 135 Å². The summed E-state index contributed by atoms with van der Waals surface area (Å²) < 4.78 is 0. The van der Waals surface area contributed by atoms with Crippen LogP contribution in [0.1, 0.15) is 67.0 Å². The Morgan fingerprint density at radius 1 is 0.783 bits per heavy atom. The Morgan fingerprint density at radius 3 is 2.13 bits per heavy atom. The van der Waals surface area contributed by atoms with Gasteiger partial charge in [0.1, 0.15) is 0 Å². The van der Waals surface area contributed by atoms with E-state index in [9.17, 15) is 0 Å². The van der Waals surface area contributed by atoms with Gasteiger partial charge in [-0.2, -0.15) is 0 Å². The van der Waals surface area contributed by atoms with E-state index in [0.717, 1.165) is 35.5 Å². The SMILES string of the molecule is C/C=C(\C(C)=C(/C)c1cc(C)cc(SC)c1)c1ccccc1CCCCc1ccccc1-c1csc(-c2cc(S)cc(S)c2)c1C. The lowest BCUT2D eigenvalue weighted by atomic mass is 9.88. The Labute approximate surface area is 295 Å². The van der Waals surface area contributed by atoms with Crippen molar-refractivity contribution >= 4 is 59.5 Å². The molecule has 0 aliphatic heterocycles. The minimum absolute atomic E-state index is 0.942. The fourth-order valence-corrected chi connectivity index (χ4v) is 8.69. The molecule has 0 nitrogen and oxygen atoms in total. The summed E-state index contributed by atoms with van der Waals surface area (Å²) in [5.74, 6) is 0. The Morgan fingerprint density at radius 2 is 1.43 bits per heavy atom. The Hall–Kier alpha value is -2.89. The Balaban J connectivity index is 1.32. The van der Waals surface area contributed by atoms with Gasteiger partial charge in [-0.15, -0.1) is 48.4 Å². The summed E-state index contributed by atoms with van der Waals surface area (Å²) in [6.07, 6.45) is 8.86. The zero-order valence-electron chi connectivity index (χ0n) is 27.8. The second-order valence-electron chi connectivity index (χ2n) is 12.1. The minimum atomic E-state index is 0.942. The maximum Gasteiger partial charge on any atom is 0.0379 e. The molecular weight excluding hydrogens is 633 g/mol. The molecular formula is C42H44S4. The van der Waals surface area contributed by atoms with Crippen LogP contribution in [0.5, 0.6) is 0 Å². The zero-order valence-corrected chi connectivity index (χ0v) is 31.2. The standard InChI is InChI=1S/C42H44S4/c1-7-38(29(4)28(3)33-20-27(2)21-37(24-33)45-6)39-18-12-10-16-31(39)14-8-9-15-32-17-11-13-19-40(32)41-26-46-42(30(41)5)34-22-35(43)25-36(44)23-34/h7,10-13,16-26,43-44H,8-9,14-15H2,1-6H3/b29-28+,38-7+. The fraction of sp³-hybridized carbons (Fsp3) is 0.238. The van der Waals surface area contributed by atoms with Crippen LogP contribution in [0.3, 0.4) is 0 Å². The van der Waals surface area contributed by atoms with Crippen LogP contribution in [0, 0.1) is 13.8 Å². The molecule has 5 aromatic rings. The van der Waals surface area contributed by atoms with Gasteiger partial charge in [0, 0.05) is 19.6 Å². The minimum Gasteiger partial charge on any atom is -0.143 e. The summed E-state index contributed by atoms with van der Waals surface area (Å²) in [6, 6.07) is 31.1. The normalized spacial score (nSPS) is 12.4. The molecule has 0 unspecified atom stereocenters. The first-order chi connectivity index (χ1) is 22.2. The lowest BCUT2D eigenvalue weighted by Gasteiger charge is -2.17. The number of thiophene rings is 1. The van der Waals surface area contributed by atoms with Crippen LogP contribution in [0.2, 0.25) is 0 Å². The van der Waals surface area contributed by atoms with Crippen molar-refractivity contribution < 1.29 is 0 Å².